The zero-order chi connectivity index (χ0) is 34.5. The number of aromatic hydroxyl groups is 1. The van der Waals surface area contributed by atoms with E-state index in [4.69, 9.17) is 10.5 Å². The number of ether oxygens (including phenoxy) is 1. The normalized spacial score (nSPS) is 26.6. The van der Waals surface area contributed by atoms with Gasteiger partial charge in [-0.3, -0.25) is 33.8 Å². The summed E-state index contributed by atoms with van der Waals surface area (Å²) in [6.07, 6.45) is 0.803. The number of rotatable bonds is 8. The number of primary amides is 1. The molecule has 248 valence electrons. The number of para-hydroxylation sites is 1. The summed E-state index contributed by atoms with van der Waals surface area (Å²) in [6.45, 7) is 3.55. The van der Waals surface area contributed by atoms with Crippen molar-refractivity contribution < 1.29 is 43.7 Å². The standard InChI is InChI=1S/C34H38N4O9/c1-6-12-38(33(45)47-19-10-8-7-9-11-19)16-18-15-22(36(2)3)20-13-17-14-21-26(37(4)5)29(41)25(32(35)44)31(43)34(21,46)30(42)23(17)28(40)24(20)27(18)39/h6-11,15,17,21,23,25-26,39,46H,1,12-14,16H2,2-5H3,(H2,35,44)/t17-,21-,23?,25?,26-,34-/m0/s1. The number of likely N-dealkylation sites (N-methyl/N-ethyl adjacent to an activating group) is 1. The van der Waals surface area contributed by atoms with Crippen molar-refractivity contribution in [3.8, 4) is 11.5 Å². The monoisotopic (exact) mass is 646 g/mol. The van der Waals surface area contributed by atoms with Gasteiger partial charge < -0.3 is 25.6 Å². The number of hydrogen-bond acceptors (Lipinski definition) is 11. The Hall–Kier alpha value is -4.88. The Balaban J connectivity index is 1.57. The van der Waals surface area contributed by atoms with Gasteiger partial charge in [0.25, 0.3) is 0 Å². The van der Waals surface area contributed by atoms with Gasteiger partial charge in [0.1, 0.15) is 11.5 Å². The first kappa shape index (κ1) is 33.5. The van der Waals surface area contributed by atoms with Gasteiger partial charge in [0.05, 0.1) is 24.1 Å². The Morgan fingerprint density at radius 2 is 1.74 bits per heavy atom. The van der Waals surface area contributed by atoms with E-state index in [1.807, 2.05) is 0 Å². The second-order valence-corrected chi connectivity index (χ2v) is 12.8. The lowest BCUT2D eigenvalue weighted by molar-refractivity contribution is -0.181. The number of phenolic OH excluding ortho intramolecular Hbond substituents is 1. The number of aliphatic hydroxyl groups is 1. The van der Waals surface area contributed by atoms with Crippen molar-refractivity contribution in [3.05, 3.63) is 65.7 Å². The predicted octanol–water partition coefficient (Wildman–Crippen LogP) is 1.12. The van der Waals surface area contributed by atoms with Crippen molar-refractivity contribution in [2.45, 2.75) is 31.0 Å². The molecule has 0 aliphatic heterocycles. The molecule has 0 bridgehead atoms. The summed E-state index contributed by atoms with van der Waals surface area (Å²) < 4.78 is 5.48. The number of ketones is 4. The van der Waals surface area contributed by atoms with Gasteiger partial charge in [-0.05, 0) is 56.6 Å². The Morgan fingerprint density at radius 1 is 1.09 bits per heavy atom. The van der Waals surface area contributed by atoms with Crippen molar-refractivity contribution in [1.82, 2.24) is 9.80 Å². The molecule has 0 aromatic heterocycles. The summed E-state index contributed by atoms with van der Waals surface area (Å²) in [5, 5.41) is 23.4. The van der Waals surface area contributed by atoms with Crippen molar-refractivity contribution in [2.75, 3.05) is 39.6 Å². The van der Waals surface area contributed by atoms with Gasteiger partial charge >= 0.3 is 6.09 Å². The maximum Gasteiger partial charge on any atom is 0.415 e. The number of nitrogens with zero attached hydrogens (tertiary/aromatic N) is 3. The Bertz CT molecular complexity index is 1690. The number of hydrogen-bond donors (Lipinski definition) is 3. The molecule has 3 aliphatic rings. The molecule has 2 unspecified atom stereocenters. The van der Waals surface area contributed by atoms with E-state index < -0.39 is 76.2 Å². The van der Waals surface area contributed by atoms with Crippen LogP contribution in [0.3, 0.4) is 0 Å². The van der Waals surface area contributed by atoms with Crippen molar-refractivity contribution in [1.29, 1.82) is 0 Å². The molecule has 47 heavy (non-hydrogen) atoms. The lowest BCUT2D eigenvalue weighted by Crippen LogP contribution is -2.74. The largest absolute Gasteiger partial charge is 0.507 e. The summed E-state index contributed by atoms with van der Waals surface area (Å²) in [5.74, 6) is -11.0. The van der Waals surface area contributed by atoms with Crippen LogP contribution in [0.25, 0.3) is 0 Å². The van der Waals surface area contributed by atoms with E-state index in [-0.39, 0.29) is 37.1 Å². The molecule has 0 spiro atoms. The topological polar surface area (TPSA) is 188 Å². The molecule has 2 amide bonds. The highest BCUT2D eigenvalue weighted by molar-refractivity contribution is 6.32. The molecule has 4 N–H and O–H groups in total. The Kier molecular flexibility index (Phi) is 8.82. The molecule has 5 rings (SSSR count). The molecular formula is C34H38N4O9. The minimum absolute atomic E-state index is 0.0416. The summed E-state index contributed by atoms with van der Waals surface area (Å²) in [5.41, 5.74) is 3.61. The van der Waals surface area contributed by atoms with Crippen LogP contribution in [0.5, 0.6) is 11.5 Å². The van der Waals surface area contributed by atoms with E-state index in [1.165, 1.54) is 30.0 Å². The molecule has 3 aliphatic carbocycles. The maximum absolute atomic E-state index is 14.3. The average Bonchev–Trinajstić information content (AvgIpc) is 2.99. The van der Waals surface area contributed by atoms with Gasteiger partial charge in [-0.15, -0.1) is 6.58 Å². The molecule has 2 aromatic rings. The van der Waals surface area contributed by atoms with E-state index in [9.17, 15) is 39.0 Å². The van der Waals surface area contributed by atoms with Crippen LogP contribution in [-0.2, 0) is 32.1 Å². The molecule has 13 nitrogen and oxygen atoms in total. The molecular weight excluding hydrogens is 608 g/mol. The van der Waals surface area contributed by atoms with Crippen molar-refractivity contribution >= 4 is 40.8 Å². The third kappa shape index (κ3) is 5.38. The molecule has 0 saturated heterocycles. The lowest BCUT2D eigenvalue weighted by Gasteiger charge is -2.52. The molecule has 0 heterocycles. The molecule has 0 radical (unpaired) electrons. The summed E-state index contributed by atoms with van der Waals surface area (Å²) >= 11 is 0. The average molecular weight is 647 g/mol. The number of nitrogens with two attached hydrogens (primary N) is 1. The highest BCUT2D eigenvalue weighted by Crippen LogP contribution is 2.52. The lowest BCUT2D eigenvalue weighted by atomic mass is 9.52. The first-order valence-electron chi connectivity index (χ1n) is 15.2. The van der Waals surface area contributed by atoms with E-state index in [0.29, 0.717) is 17.0 Å². The highest BCUT2D eigenvalue weighted by Gasteiger charge is 2.69. The van der Waals surface area contributed by atoms with Gasteiger partial charge in [-0.1, -0.05) is 24.3 Å². The van der Waals surface area contributed by atoms with Crippen molar-refractivity contribution in [3.63, 3.8) is 0 Å². The summed E-state index contributed by atoms with van der Waals surface area (Å²) in [4.78, 5) is 85.2. The third-order valence-corrected chi connectivity index (χ3v) is 9.52. The van der Waals surface area contributed by atoms with E-state index >= 15 is 0 Å². The number of carbonyl (C=O) groups is 6. The summed E-state index contributed by atoms with van der Waals surface area (Å²) in [6, 6.07) is 8.87. The highest BCUT2D eigenvalue weighted by atomic mass is 16.6. The molecule has 2 saturated carbocycles. The Morgan fingerprint density at radius 3 is 2.32 bits per heavy atom. The number of amides is 2. The molecule has 13 heteroatoms. The fourth-order valence-corrected chi connectivity index (χ4v) is 7.44. The number of carbonyl (C=O) groups excluding carboxylic acids is 6. The quantitative estimate of drug-likeness (QED) is 0.275. The fraction of sp³-hybridized carbons (Fsp3) is 0.412. The van der Waals surface area contributed by atoms with Crippen LogP contribution in [-0.4, -0.2) is 102 Å². The minimum Gasteiger partial charge on any atom is -0.507 e. The number of anilines is 1. The van der Waals surface area contributed by atoms with Crippen LogP contribution in [0.1, 0.15) is 27.9 Å². The van der Waals surface area contributed by atoms with Crippen LogP contribution in [0, 0.1) is 23.7 Å². The smallest absolute Gasteiger partial charge is 0.415 e. The molecule has 2 fully saturated rings. The zero-order valence-corrected chi connectivity index (χ0v) is 26.6. The van der Waals surface area contributed by atoms with Crippen LogP contribution >= 0.6 is 0 Å². The number of fused-ring (bicyclic) bond motifs is 3. The second-order valence-electron chi connectivity index (χ2n) is 12.8. The SMILES string of the molecule is C=CCN(Cc1cc(N(C)C)c2c(c1O)C(=O)C1C(=O)[C@]3(O)C(=O)C(C(N)=O)C(=O)[C@@H](N(C)C)[C@@H]3C[C@@H]1C2)C(=O)Oc1ccccc1. The Labute approximate surface area is 271 Å². The van der Waals surface area contributed by atoms with Gasteiger partial charge in [-0.25, -0.2) is 4.79 Å². The molecule has 6 atom stereocenters. The van der Waals surface area contributed by atoms with Gasteiger partial charge in [0.2, 0.25) is 5.91 Å². The second kappa shape index (κ2) is 12.4. The van der Waals surface area contributed by atoms with E-state index in [2.05, 4.69) is 6.58 Å². The number of Topliss-reactive ketones (excluding diaryl/α,β-unsaturated/α-hetero) is 4. The first-order chi connectivity index (χ1) is 22.1. The number of phenols is 1. The first-order valence-corrected chi connectivity index (χ1v) is 15.2. The van der Waals surface area contributed by atoms with Gasteiger partial charge in [0, 0.05) is 37.8 Å². The third-order valence-electron chi connectivity index (χ3n) is 9.52. The zero-order valence-electron chi connectivity index (χ0n) is 26.6. The minimum atomic E-state index is -2.82. The molecule has 2 aromatic carbocycles. The van der Waals surface area contributed by atoms with Crippen LogP contribution in [0.2, 0.25) is 0 Å². The van der Waals surface area contributed by atoms with Crippen molar-refractivity contribution in [2.24, 2.45) is 29.4 Å². The van der Waals surface area contributed by atoms with E-state index in [0.717, 1.165) is 0 Å². The fourth-order valence-electron chi connectivity index (χ4n) is 7.44. The number of benzene rings is 2. The van der Waals surface area contributed by atoms with E-state index in [1.54, 1.807) is 55.4 Å². The van der Waals surface area contributed by atoms with Gasteiger partial charge in [0.15, 0.2) is 34.7 Å². The van der Waals surface area contributed by atoms with Crippen LogP contribution < -0.4 is 15.4 Å². The van der Waals surface area contributed by atoms with Crippen LogP contribution in [0.4, 0.5) is 10.5 Å². The summed E-state index contributed by atoms with van der Waals surface area (Å²) in [7, 11) is 6.55. The predicted molar refractivity (Wildman–Crippen MR) is 169 cm³/mol. The van der Waals surface area contributed by atoms with Gasteiger partial charge in [-0.2, -0.15) is 0 Å². The van der Waals surface area contributed by atoms with Crippen LogP contribution in [0.15, 0.2) is 49.1 Å². The maximum atomic E-state index is 14.3.